The number of hydrogen-bond donors (Lipinski definition) is 3. The Morgan fingerprint density at radius 1 is 1.00 bits per heavy atom. The predicted octanol–water partition coefficient (Wildman–Crippen LogP) is 0.491. The lowest BCUT2D eigenvalue weighted by molar-refractivity contribution is -0.142. The minimum absolute atomic E-state index is 0.126. The molecule has 3 atom stereocenters. The lowest BCUT2D eigenvalue weighted by Crippen LogP contribution is -2.55. The van der Waals surface area contributed by atoms with Crippen LogP contribution in [0.15, 0.2) is 54.7 Å². The fourth-order valence-electron chi connectivity index (χ4n) is 5.78. The molecule has 0 saturated carbocycles. The predicted molar refractivity (Wildman–Crippen MR) is 163 cm³/mol. The Bertz CT molecular complexity index is 1580. The van der Waals surface area contributed by atoms with Crippen molar-refractivity contribution in [2.45, 2.75) is 37.3 Å². The van der Waals surface area contributed by atoms with Crippen LogP contribution < -0.4 is 15.4 Å². The van der Waals surface area contributed by atoms with Crippen LogP contribution in [0.1, 0.15) is 22.3 Å². The average Bonchev–Trinajstić information content (AvgIpc) is 3.62. The lowest BCUT2D eigenvalue weighted by atomic mass is 10.0. The van der Waals surface area contributed by atoms with Crippen LogP contribution in [0, 0.1) is 0 Å². The molecule has 2 aliphatic heterocycles. The summed E-state index contributed by atoms with van der Waals surface area (Å²) in [5.41, 5.74) is 2.17. The summed E-state index contributed by atoms with van der Waals surface area (Å²) in [6, 6.07) is 12.6. The molecule has 5 amide bonds. The molecule has 5 rings (SSSR count). The number of amides is 5. The quantitative estimate of drug-likeness (QED) is 0.365. The SMILES string of the molecule is [B]CC(=O)N[C@H]1CN(C)C(=O)c2cccc(c2)OC[C@@H]2C[C@H](NC(=O)Cc3c[nH]c4ccccc34)CN2C(=O)CN(C)C1=O. The zero-order valence-corrected chi connectivity index (χ0v) is 24.7. The number of aromatic amines is 1. The van der Waals surface area contributed by atoms with E-state index in [1.54, 1.807) is 29.2 Å². The maximum absolute atomic E-state index is 13.6. The summed E-state index contributed by atoms with van der Waals surface area (Å²) >= 11 is 0. The second-order valence-electron chi connectivity index (χ2n) is 11.3. The molecule has 0 spiro atoms. The topological polar surface area (TPSA) is 144 Å². The average molecular weight is 598 g/mol. The summed E-state index contributed by atoms with van der Waals surface area (Å²) in [6.07, 6.45) is 2.11. The monoisotopic (exact) mass is 598 g/mol. The van der Waals surface area contributed by atoms with Gasteiger partial charge in [0, 0.05) is 55.9 Å². The largest absolute Gasteiger partial charge is 0.491 e. The highest BCUT2D eigenvalue weighted by molar-refractivity contribution is 6.20. The van der Waals surface area contributed by atoms with E-state index < -0.39 is 23.9 Å². The van der Waals surface area contributed by atoms with Gasteiger partial charge in [0.25, 0.3) is 5.91 Å². The normalized spacial score (nSPS) is 21.4. The van der Waals surface area contributed by atoms with E-state index in [-0.39, 0.29) is 62.7 Å². The standard InChI is InChI=1S/C31H35BN6O6/c1-36-16-26(35-28(40)13-32)31(43)37(2)17-29(41)38-15-21(12-22(38)18-44-23-7-5-6-19(10-23)30(36)42)34-27(39)11-20-14-33-25-9-4-3-8-24(20)25/h3-10,14,21-22,26,33H,11-13,15-18H2,1-2H3,(H,34,39)(H,35,40)/t21-,22-,26-/m0/s1. The van der Waals surface area contributed by atoms with Crippen LogP contribution in [0.2, 0.25) is 6.32 Å². The number of aromatic nitrogens is 1. The first-order valence-electron chi connectivity index (χ1n) is 14.5. The first-order valence-corrected chi connectivity index (χ1v) is 14.5. The maximum Gasteiger partial charge on any atom is 0.253 e. The second kappa shape index (κ2) is 13.2. The molecule has 3 heterocycles. The molecular formula is C31H35BN6O6. The Balaban J connectivity index is 1.35. The van der Waals surface area contributed by atoms with E-state index in [4.69, 9.17) is 12.6 Å². The summed E-state index contributed by atoms with van der Waals surface area (Å²) in [5.74, 6) is -1.54. The Morgan fingerprint density at radius 2 is 1.80 bits per heavy atom. The molecule has 44 heavy (non-hydrogen) atoms. The van der Waals surface area contributed by atoms with Gasteiger partial charge in [0.05, 0.1) is 26.9 Å². The van der Waals surface area contributed by atoms with Crippen LogP contribution >= 0.6 is 0 Å². The van der Waals surface area contributed by atoms with Crippen LogP contribution in [-0.2, 0) is 25.6 Å². The molecule has 12 nitrogen and oxygen atoms in total. The molecule has 1 aromatic heterocycles. The van der Waals surface area contributed by atoms with Gasteiger partial charge in [0.2, 0.25) is 23.6 Å². The number of nitrogens with one attached hydrogen (secondary N) is 3. The van der Waals surface area contributed by atoms with Gasteiger partial charge >= 0.3 is 0 Å². The Labute approximate surface area is 256 Å². The smallest absolute Gasteiger partial charge is 0.253 e. The molecule has 13 heteroatoms. The summed E-state index contributed by atoms with van der Waals surface area (Å²) in [4.78, 5) is 72.8. The lowest BCUT2D eigenvalue weighted by Gasteiger charge is -2.30. The Morgan fingerprint density at radius 3 is 2.59 bits per heavy atom. The molecule has 3 N–H and O–H groups in total. The van der Waals surface area contributed by atoms with E-state index in [1.165, 1.54) is 23.9 Å². The summed E-state index contributed by atoms with van der Waals surface area (Å²) in [6.45, 7) is -0.0420. The summed E-state index contributed by atoms with van der Waals surface area (Å²) in [7, 11) is 8.46. The molecule has 0 unspecified atom stereocenters. The van der Waals surface area contributed by atoms with E-state index in [2.05, 4.69) is 15.6 Å². The number of benzene rings is 2. The van der Waals surface area contributed by atoms with Gasteiger partial charge in [-0.25, -0.2) is 0 Å². The number of fused-ring (bicyclic) bond motifs is 4. The zero-order valence-electron chi connectivity index (χ0n) is 24.7. The van der Waals surface area contributed by atoms with Crippen molar-refractivity contribution in [3.8, 4) is 5.75 Å². The first-order chi connectivity index (χ1) is 21.1. The molecule has 1 saturated heterocycles. The zero-order chi connectivity index (χ0) is 31.4. The van der Waals surface area contributed by atoms with Crippen molar-refractivity contribution in [3.63, 3.8) is 0 Å². The fraction of sp³-hybridized carbons (Fsp3) is 0.387. The van der Waals surface area contributed by atoms with Gasteiger partial charge in [-0.15, -0.1) is 0 Å². The summed E-state index contributed by atoms with van der Waals surface area (Å²) < 4.78 is 6.06. The van der Waals surface area contributed by atoms with E-state index >= 15 is 0 Å². The second-order valence-corrected chi connectivity index (χ2v) is 11.3. The van der Waals surface area contributed by atoms with Crippen molar-refractivity contribution in [1.82, 2.24) is 30.3 Å². The molecule has 3 aromatic rings. The van der Waals surface area contributed by atoms with Gasteiger partial charge in [-0.3, -0.25) is 24.0 Å². The maximum atomic E-state index is 13.6. The van der Waals surface area contributed by atoms with E-state index in [1.807, 2.05) is 30.5 Å². The molecule has 2 aromatic carbocycles. The third-order valence-corrected chi connectivity index (χ3v) is 8.02. The van der Waals surface area contributed by atoms with Crippen molar-refractivity contribution in [1.29, 1.82) is 0 Å². The number of likely N-dealkylation sites (N-methyl/N-ethyl adjacent to an activating group) is 2. The van der Waals surface area contributed by atoms with Gasteiger partial charge in [-0.2, -0.15) is 0 Å². The fourth-order valence-corrected chi connectivity index (χ4v) is 5.78. The van der Waals surface area contributed by atoms with Gasteiger partial charge < -0.3 is 35.1 Å². The van der Waals surface area contributed by atoms with Crippen molar-refractivity contribution < 1.29 is 28.7 Å². The molecule has 2 radical (unpaired) electrons. The van der Waals surface area contributed by atoms with Crippen LogP contribution in [0.25, 0.3) is 10.9 Å². The van der Waals surface area contributed by atoms with Crippen LogP contribution in [0.5, 0.6) is 5.75 Å². The number of rotatable bonds is 5. The van der Waals surface area contributed by atoms with E-state index in [0.717, 1.165) is 16.5 Å². The summed E-state index contributed by atoms with van der Waals surface area (Å²) in [5, 5.41) is 6.61. The Hall–Kier alpha value is -4.81. The molecule has 0 aliphatic carbocycles. The highest BCUT2D eigenvalue weighted by Gasteiger charge is 2.38. The highest BCUT2D eigenvalue weighted by atomic mass is 16.5. The van der Waals surface area contributed by atoms with Crippen molar-refractivity contribution >= 4 is 48.3 Å². The first kappa shape index (κ1) is 30.6. The number of hydrogen-bond acceptors (Lipinski definition) is 6. The third kappa shape index (κ3) is 6.87. The number of para-hydroxylation sites is 1. The molecule has 228 valence electrons. The molecule has 2 aliphatic rings. The number of carbonyl (C=O) groups is 5. The van der Waals surface area contributed by atoms with Gasteiger partial charge in [0.15, 0.2) is 0 Å². The van der Waals surface area contributed by atoms with Crippen molar-refractivity contribution in [2.24, 2.45) is 0 Å². The van der Waals surface area contributed by atoms with Gasteiger partial charge in [-0.1, -0.05) is 24.3 Å². The molecule has 2 bridgehead atoms. The van der Waals surface area contributed by atoms with Crippen LogP contribution in [0.4, 0.5) is 0 Å². The van der Waals surface area contributed by atoms with Crippen LogP contribution in [-0.4, -0.2) is 116 Å². The molecule has 1 fully saturated rings. The van der Waals surface area contributed by atoms with Crippen LogP contribution in [0.3, 0.4) is 0 Å². The minimum atomic E-state index is -1.12. The van der Waals surface area contributed by atoms with Gasteiger partial charge in [-0.05, 0) is 42.6 Å². The number of ether oxygens (including phenoxy) is 1. The number of nitrogens with zero attached hydrogens (tertiary/aromatic N) is 3. The van der Waals surface area contributed by atoms with Crippen molar-refractivity contribution in [3.05, 3.63) is 65.9 Å². The van der Waals surface area contributed by atoms with E-state index in [0.29, 0.717) is 17.7 Å². The van der Waals surface area contributed by atoms with Gasteiger partial charge in [0.1, 0.15) is 18.4 Å². The minimum Gasteiger partial charge on any atom is -0.491 e. The van der Waals surface area contributed by atoms with E-state index in [9.17, 15) is 24.0 Å². The molecular weight excluding hydrogens is 563 g/mol. The number of carbonyl (C=O) groups excluding carboxylic acids is 5. The number of H-pyrrole nitrogens is 1. The third-order valence-electron chi connectivity index (χ3n) is 8.02. The Kier molecular flexibility index (Phi) is 9.22. The highest BCUT2D eigenvalue weighted by Crippen LogP contribution is 2.23. The van der Waals surface area contributed by atoms with Crippen molar-refractivity contribution in [2.75, 3.05) is 40.3 Å².